The van der Waals surface area contributed by atoms with Crippen molar-refractivity contribution in [3.05, 3.63) is 94.6 Å². The molecule has 140 valence electrons. The topological polar surface area (TPSA) is 46.9 Å². The lowest BCUT2D eigenvalue weighted by molar-refractivity contribution is 0.102. The van der Waals surface area contributed by atoms with Crippen molar-refractivity contribution in [3.8, 4) is 0 Å². The largest absolute Gasteiger partial charge is 0.305 e. The average molecular weight is 398 g/mol. The number of benzene rings is 3. The fourth-order valence-electron chi connectivity index (χ4n) is 3.00. The van der Waals surface area contributed by atoms with E-state index in [9.17, 15) is 13.6 Å². The normalized spacial score (nSPS) is 11.0. The molecule has 0 atom stereocenters. The van der Waals surface area contributed by atoms with Crippen LogP contribution in [0.15, 0.2) is 66.9 Å². The molecule has 1 heterocycles. The van der Waals surface area contributed by atoms with Gasteiger partial charge in [0, 0.05) is 12.3 Å². The number of anilines is 1. The second-order valence-electron chi connectivity index (χ2n) is 6.24. The predicted molar refractivity (Wildman–Crippen MR) is 105 cm³/mol. The molecule has 0 aliphatic carbocycles. The number of amides is 1. The Bertz CT molecular complexity index is 1180. The van der Waals surface area contributed by atoms with Gasteiger partial charge in [-0.05, 0) is 28.5 Å². The Morgan fingerprint density at radius 1 is 1.04 bits per heavy atom. The Hall–Kier alpha value is -3.25. The number of nitrogens with one attached hydrogen (secondary N) is 1. The average Bonchev–Trinajstić information content (AvgIpc) is 3.11. The maximum atomic E-state index is 13.4. The lowest BCUT2D eigenvalue weighted by Gasteiger charge is -2.07. The molecule has 0 aliphatic heterocycles. The van der Waals surface area contributed by atoms with Crippen LogP contribution in [0, 0.1) is 11.6 Å². The van der Waals surface area contributed by atoms with E-state index in [1.54, 1.807) is 16.9 Å². The number of carbonyl (C=O) groups is 1. The Morgan fingerprint density at radius 2 is 1.79 bits per heavy atom. The zero-order valence-corrected chi connectivity index (χ0v) is 15.3. The summed E-state index contributed by atoms with van der Waals surface area (Å²) in [6.45, 7) is 0.517. The van der Waals surface area contributed by atoms with Gasteiger partial charge in [0.15, 0.2) is 17.5 Å². The smallest absolute Gasteiger partial charge is 0.258 e. The van der Waals surface area contributed by atoms with Crippen LogP contribution in [0.25, 0.3) is 10.8 Å². The van der Waals surface area contributed by atoms with Gasteiger partial charge in [-0.1, -0.05) is 54.1 Å². The summed E-state index contributed by atoms with van der Waals surface area (Å²) in [5.74, 6) is -2.64. The summed E-state index contributed by atoms with van der Waals surface area (Å²) in [4.78, 5) is 12.3. The molecule has 3 aromatic carbocycles. The number of rotatable bonds is 4. The van der Waals surface area contributed by atoms with Crippen LogP contribution >= 0.6 is 11.6 Å². The van der Waals surface area contributed by atoms with Crippen LogP contribution in [0.5, 0.6) is 0 Å². The second-order valence-corrected chi connectivity index (χ2v) is 6.64. The number of hydrogen-bond donors (Lipinski definition) is 1. The van der Waals surface area contributed by atoms with Gasteiger partial charge in [-0.3, -0.25) is 9.48 Å². The molecule has 4 rings (SSSR count). The zero-order chi connectivity index (χ0) is 19.7. The molecule has 0 spiro atoms. The van der Waals surface area contributed by atoms with Crippen molar-refractivity contribution in [1.29, 1.82) is 0 Å². The minimum Gasteiger partial charge on any atom is -0.305 e. The van der Waals surface area contributed by atoms with Crippen molar-refractivity contribution in [2.24, 2.45) is 0 Å². The SMILES string of the molecule is O=C(Nc1ccn(Cc2cccc3ccccc23)n1)c1cc(F)c(F)cc1Cl. The summed E-state index contributed by atoms with van der Waals surface area (Å²) in [6.07, 6.45) is 1.73. The van der Waals surface area contributed by atoms with Gasteiger partial charge in [0.05, 0.1) is 17.1 Å². The molecule has 0 saturated heterocycles. The molecule has 1 amide bonds. The first-order chi connectivity index (χ1) is 13.5. The van der Waals surface area contributed by atoms with Crippen molar-refractivity contribution in [1.82, 2.24) is 9.78 Å². The van der Waals surface area contributed by atoms with E-state index < -0.39 is 17.5 Å². The van der Waals surface area contributed by atoms with Crippen molar-refractivity contribution < 1.29 is 13.6 Å². The third kappa shape index (κ3) is 3.59. The van der Waals surface area contributed by atoms with Gasteiger partial charge in [0.25, 0.3) is 5.91 Å². The molecule has 0 radical (unpaired) electrons. The van der Waals surface area contributed by atoms with E-state index in [0.717, 1.165) is 28.5 Å². The van der Waals surface area contributed by atoms with Crippen molar-refractivity contribution >= 4 is 34.1 Å². The molecule has 0 bridgehead atoms. The third-order valence-corrected chi connectivity index (χ3v) is 4.66. The van der Waals surface area contributed by atoms with Gasteiger partial charge in [-0.15, -0.1) is 0 Å². The Kier molecular flexibility index (Phi) is 4.79. The van der Waals surface area contributed by atoms with Crippen LogP contribution in [-0.4, -0.2) is 15.7 Å². The number of halogens is 3. The van der Waals surface area contributed by atoms with E-state index in [1.807, 2.05) is 42.5 Å². The summed E-state index contributed by atoms with van der Waals surface area (Å²) in [5, 5.41) is 8.95. The molecule has 4 aromatic rings. The van der Waals surface area contributed by atoms with E-state index in [4.69, 9.17) is 11.6 Å². The fraction of sp³-hybridized carbons (Fsp3) is 0.0476. The standard InChI is InChI=1S/C21H14ClF2N3O/c22-17-11-19(24)18(23)10-16(17)21(28)25-20-8-9-27(26-20)12-14-6-3-5-13-4-1-2-7-15(13)14/h1-11H,12H2,(H,25,26,28). The third-order valence-electron chi connectivity index (χ3n) is 4.35. The lowest BCUT2D eigenvalue weighted by Crippen LogP contribution is -2.14. The van der Waals surface area contributed by atoms with Crippen LogP contribution in [0.2, 0.25) is 5.02 Å². The van der Waals surface area contributed by atoms with Gasteiger partial charge in [-0.2, -0.15) is 5.10 Å². The highest BCUT2D eigenvalue weighted by Gasteiger charge is 2.16. The van der Waals surface area contributed by atoms with E-state index in [2.05, 4.69) is 10.4 Å². The predicted octanol–water partition coefficient (Wildman–Crippen LogP) is 5.27. The maximum Gasteiger partial charge on any atom is 0.258 e. The quantitative estimate of drug-likeness (QED) is 0.477. The highest BCUT2D eigenvalue weighted by atomic mass is 35.5. The van der Waals surface area contributed by atoms with Crippen LogP contribution < -0.4 is 5.32 Å². The van der Waals surface area contributed by atoms with Gasteiger partial charge in [0.2, 0.25) is 0 Å². The summed E-state index contributed by atoms with van der Waals surface area (Å²) in [7, 11) is 0. The number of nitrogens with zero attached hydrogens (tertiary/aromatic N) is 2. The van der Waals surface area contributed by atoms with Crippen LogP contribution in [0.4, 0.5) is 14.6 Å². The van der Waals surface area contributed by atoms with Gasteiger partial charge in [0.1, 0.15) is 0 Å². The first-order valence-electron chi connectivity index (χ1n) is 8.47. The minimum atomic E-state index is -1.14. The highest BCUT2D eigenvalue weighted by molar-refractivity contribution is 6.34. The Morgan fingerprint density at radius 3 is 2.64 bits per heavy atom. The number of fused-ring (bicyclic) bond motifs is 1. The molecule has 1 aromatic heterocycles. The van der Waals surface area contributed by atoms with Crippen molar-refractivity contribution in [3.63, 3.8) is 0 Å². The molecular weight excluding hydrogens is 384 g/mol. The molecule has 7 heteroatoms. The summed E-state index contributed by atoms with van der Waals surface area (Å²) < 4.78 is 28.2. The first-order valence-corrected chi connectivity index (χ1v) is 8.85. The van der Waals surface area contributed by atoms with E-state index in [0.29, 0.717) is 6.54 Å². The molecule has 1 N–H and O–H groups in total. The lowest BCUT2D eigenvalue weighted by atomic mass is 10.0. The number of hydrogen-bond acceptors (Lipinski definition) is 2. The number of carbonyl (C=O) groups excluding carboxylic acids is 1. The molecule has 4 nitrogen and oxygen atoms in total. The van der Waals surface area contributed by atoms with E-state index in [-0.39, 0.29) is 16.4 Å². The second kappa shape index (κ2) is 7.40. The van der Waals surface area contributed by atoms with E-state index >= 15 is 0 Å². The molecule has 28 heavy (non-hydrogen) atoms. The fourth-order valence-corrected chi connectivity index (χ4v) is 3.24. The zero-order valence-electron chi connectivity index (χ0n) is 14.5. The Labute approximate surface area is 164 Å². The monoisotopic (exact) mass is 397 g/mol. The number of aromatic nitrogens is 2. The van der Waals surface area contributed by atoms with E-state index in [1.165, 1.54) is 0 Å². The molecule has 0 fully saturated rings. The van der Waals surface area contributed by atoms with Gasteiger partial charge >= 0.3 is 0 Å². The highest BCUT2D eigenvalue weighted by Crippen LogP contribution is 2.22. The van der Waals surface area contributed by atoms with Crippen LogP contribution in [0.3, 0.4) is 0 Å². The Balaban J connectivity index is 1.53. The van der Waals surface area contributed by atoms with Crippen molar-refractivity contribution in [2.45, 2.75) is 6.54 Å². The summed E-state index contributed by atoms with van der Waals surface area (Å²) >= 11 is 5.84. The summed E-state index contributed by atoms with van der Waals surface area (Å²) in [6, 6.07) is 17.2. The summed E-state index contributed by atoms with van der Waals surface area (Å²) in [5.41, 5.74) is 0.923. The van der Waals surface area contributed by atoms with Crippen LogP contribution in [-0.2, 0) is 6.54 Å². The first kappa shape index (κ1) is 18.1. The molecule has 0 saturated carbocycles. The van der Waals surface area contributed by atoms with Crippen LogP contribution in [0.1, 0.15) is 15.9 Å². The molecule has 0 unspecified atom stereocenters. The maximum absolute atomic E-state index is 13.4. The van der Waals surface area contributed by atoms with Gasteiger partial charge in [-0.25, -0.2) is 8.78 Å². The molecular formula is C21H14ClF2N3O. The molecule has 0 aliphatic rings. The van der Waals surface area contributed by atoms with Crippen molar-refractivity contribution in [2.75, 3.05) is 5.32 Å². The van der Waals surface area contributed by atoms with Gasteiger partial charge < -0.3 is 5.32 Å². The minimum absolute atomic E-state index is 0.163.